The summed E-state index contributed by atoms with van der Waals surface area (Å²) < 4.78 is 10.1. The van der Waals surface area contributed by atoms with Crippen LogP contribution in [0.15, 0.2) is 132 Å². The lowest BCUT2D eigenvalue weighted by molar-refractivity contribution is 0.437. The standard InChI is InChI=1S/C37H21BrClNO/c38-22-17-18-29-34(19-22)41-35-21-33-26(36-31(39)15-8-16-32(36)40(33)23-9-2-1-3-10-23)20-30(35)37(29)27-13-6-4-11-24(27)25-12-5-7-14-28(25)37/h1-21H. The number of aromatic nitrogens is 1. The number of hydrogen-bond acceptors (Lipinski definition) is 1. The van der Waals surface area contributed by atoms with Crippen molar-refractivity contribution in [2.75, 3.05) is 0 Å². The predicted molar refractivity (Wildman–Crippen MR) is 171 cm³/mol. The molecule has 0 saturated heterocycles. The predicted octanol–water partition coefficient (Wildman–Crippen LogP) is 10.7. The van der Waals surface area contributed by atoms with E-state index in [1.165, 1.54) is 22.3 Å². The molecule has 0 radical (unpaired) electrons. The average Bonchev–Trinajstić information content (AvgIpc) is 3.48. The number of hydrogen-bond donors (Lipinski definition) is 0. The molecule has 1 aliphatic carbocycles. The SMILES string of the molecule is Clc1cccc2c1c1cc3c(cc1n2-c1ccccc1)Oc1cc(Br)ccc1C31c2ccccc2-c2ccccc21. The molecule has 0 amide bonds. The van der Waals surface area contributed by atoms with E-state index in [9.17, 15) is 0 Å². The van der Waals surface area contributed by atoms with Crippen molar-refractivity contribution in [1.82, 2.24) is 4.57 Å². The van der Waals surface area contributed by atoms with Gasteiger partial charge in [0.15, 0.2) is 0 Å². The Morgan fingerprint density at radius 2 is 1.27 bits per heavy atom. The van der Waals surface area contributed by atoms with Gasteiger partial charge in [0.05, 0.1) is 21.5 Å². The first-order valence-electron chi connectivity index (χ1n) is 13.7. The number of para-hydroxylation sites is 1. The molecule has 0 saturated carbocycles. The monoisotopic (exact) mass is 609 g/mol. The molecule has 1 aromatic heterocycles. The van der Waals surface area contributed by atoms with Gasteiger partial charge in [-0.2, -0.15) is 0 Å². The molecule has 7 aromatic rings. The van der Waals surface area contributed by atoms with Gasteiger partial charge in [0, 0.05) is 38.1 Å². The van der Waals surface area contributed by atoms with Crippen LogP contribution in [0.25, 0.3) is 38.6 Å². The van der Waals surface area contributed by atoms with Crippen LogP contribution in [0, 0.1) is 0 Å². The highest BCUT2D eigenvalue weighted by Gasteiger charge is 2.51. The lowest BCUT2D eigenvalue weighted by Gasteiger charge is -2.39. The zero-order valence-electron chi connectivity index (χ0n) is 21.7. The summed E-state index contributed by atoms with van der Waals surface area (Å²) in [5.74, 6) is 1.71. The zero-order valence-corrected chi connectivity index (χ0v) is 24.1. The lowest BCUT2D eigenvalue weighted by atomic mass is 9.66. The van der Waals surface area contributed by atoms with Gasteiger partial charge in [-0.1, -0.05) is 106 Å². The van der Waals surface area contributed by atoms with Gasteiger partial charge < -0.3 is 9.30 Å². The fourth-order valence-electron chi connectivity index (χ4n) is 7.25. The van der Waals surface area contributed by atoms with Crippen molar-refractivity contribution < 1.29 is 4.74 Å². The van der Waals surface area contributed by atoms with E-state index in [4.69, 9.17) is 16.3 Å². The normalized spacial score (nSPS) is 14.0. The highest BCUT2D eigenvalue weighted by atomic mass is 79.9. The number of rotatable bonds is 1. The number of halogens is 2. The summed E-state index contributed by atoms with van der Waals surface area (Å²) in [5, 5.41) is 2.90. The van der Waals surface area contributed by atoms with Crippen molar-refractivity contribution in [3.8, 4) is 28.3 Å². The molecular formula is C37H21BrClNO. The number of benzene rings is 6. The van der Waals surface area contributed by atoms with E-state index >= 15 is 0 Å². The van der Waals surface area contributed by atoms with Crippen LogP contribution in [0.3, 0.4) is 0 Å². The summed E-state index contributed by atoms with van der Waals surface area (Å²) in [6.07, 6.45) is 0. The summed E-state index contributed by atoms with van der Waals surface area (Å²) in [6, 6.07) is 45.2. The Hall–Kier alpha value is -4.31. The van der Waals surface area contributed by atoms with E-state index in [1.54, 1.807) is 0 Å². The third-order valence-electron chi connectivity index (χ3n) is 8.78. The van der Waals surface area contributed by atoms with E-state index in [-0.39, 0.29) is 0 Å². The van der Waals surface area contributed by atoms with Crippen molar-refractivity contribution >= 4 is 49.3 Å². The van der Waals surface area contributed by atoms with Gasteiger partial charge in [-0.15, -0.1) is 0 Å². The molecule has 194 valence electrons. The van der Waals surface area contributed by atoms with Crippen molar-refractivity contribution in [1.29, 1.82) is 0 Å². The van der Waals surface area contributed by atoms with E-state index < -0.39 is 5.41 Å². The number of nitrogens with zero attached hydrogens (tertiary/aromatic N) is 1. The van der Waals surface area contributed by atoms with Gasteiger partial charge in [0.25, 0.3) is 0 Å². The average molecular weight is 611 g/mol. The fourth-order valence-corrected chi connectivity index (χ4v) is 7.86. The van der Waals surface area contributed by atoms with Crippen molar-refractivity contribution in [3.05, 3.63) is 159 Å². The smallest absolute Gasteiger partial charge is 0.134 e. The maximum atomic E-state index is 6.98. The molecule has 2 aliphatic rings. The van der Waals surface area contributed by atoms with E-state index in [0.717, 1.165) is 59.6 Å². The summed E-state index contributed by atoms with van der Waals surface area (Å²) in [6.45, 7) is 0. The summed E-state index contributed by atoms with van der Waals surface area (Å²) in [7, 11) is 0. The third-order valence-corrected chi connectivity index (χ3v) is 9.59. The first-order valence-corrected chi connectivity index (χ1v) is 14.8. The van der Waals surface area contributed by atoms with Crippen LogP contribution in [0.4, 0.5) is 0 Å². The van der Waals surface area contributed by atoms with E-state index in [1.807, 2.05) is 18.2 Å². The van der Waals surface area contributed by atoms with Gasteiger partial charge >= 0.3 is 0 Å². The lowest BCUT2D eigenvalue weighted by Crippen LogP contribution is -2.32. The molecule has 1 spiro atoms. The first-order chi connectivity index (χ1) is 20.2. The molecule has 0 bridgehead atoms. The van der Waals surface area contributed by atoms with E-state index in [0.29, 0.717) is 0 Å². The third kappa shape index (κ3) is 2.97. The molecule has 2 heterocycles. The molecule has 0 N–H and O–H groups in total. The van der Waals surface area contributed by atoms with Gasteiger partial charge in [-0.3, -0.25) is 0 Å². The number of fused-ring (bicyclic) bond motifs is 12. The Bertz CT molecular complexity index is 2170. The van der Waals surface area contributed by atoms with Crippen LogP contribution in [0.2, 0.25) is 5.02 Å². The zero-order chi connectivity index (χ0) is 27.3. The fraction of sp³-hybridized carbons (Fsp3) is 0.0270. The Labute approximate surface area is 250 Å². The molecule has 4 heteroatoms. The van der Waals surface area contributed by atoms with Crippen molar-refractivity contribution in [2.24, 2.45) is 0 Å². The largest absolute Gasteiger partial charge is 0.457 e. The topological polar surface area (TPSA) is 14.2 Å². The van der Waals surface area contributed by atoms with E-state index in [2.05, 4.69) is 130 Å². The second-order valence-corrected chi connectivity index (χ2v) is 12.1. The van der Waals surface area contributed by atoms with Crippen LogP contribution < -0.4 is 4.74 Å². The first kappa shape index (κ1) is 23.4. The quantitative estimate of drug-likeness (QED) is 0.180. The summed E-state index contributed by atoms with van der Waals surface area (Å²) >= 11 is 10.7. The molecule has 9 rings (SSSR count). The maximum absolute atomic E-state index is 6.98. The van der Waals surface area contributed by atoms with Gasteiger partial charge in [-0.05, 0) is 64.7 Å². The number of ether oxygens (including phenoxy) is 1. The molecule has 1 aliphatic heterocycles. The molecular weight excluding hydrogens is 590 g/mol. The molecule has 41 heavy (non-hydrogen) atoms. The highest BCUT2D eigenvalue weighted by Crippen LogP contribution is 2.63. The molecule has 0 unspecified atom stereocenters. The second kappa shape index (κ2) is 8.36. The highest BCUT2D eigenvalue weighted by molar-refractivity contribution is 9.10. The maximum Gasteiger partial charge on any atom is 0.134 e. The Balaban J connectivity index is 1.49. The van der Waals surface area contributed by atoms with Gasteiger partial charge in [-0.25, -0.2) is 0 Å². The van der Waals surface area contributed by atoms with Gasteiger partial charge in [0.2, 0.25) is 0 Å². The minimum Gasteiger partial charge on any atom is -0.457 e. The second-order valence-electron chi connectivity index (χ2n) is 10.8. The Morgan fingerprint density at radius 1 is 0.585 bits per heavy atom. The minimum atomic E-state index is -0.534. The summed E-state index contributed by atoms with van der Waals surface area (Å²) in [4.78, 5) is 0. The summed E-state index contributed by atoms with van der Waals surface area (Å²) in [5.41, 5.74) is 10.0. The minimum absolute atomic E-state index is 0.534. The van der Waals surface area contributed by atoms with Crippen LogP contribution in [-0.4, -0.2) is 4.57 Å². The van der Waals surface area contributed by atoms with Crippen LogP contribution in [0.5, 0.6) is 11.5 Å². The van der Waals surface area contributed by atoms with Crippen molar-refractivity contribution in [3.63, 3.8) is 0 Å². The van der Waals surface area contributed by atoms with Crippen LogP contribution >= 0.6 is 27.5 Å². The molecule has 0 fully saturated rings. The Kier molecular flexibility index (Phi) is 4.77. The molecule has 0 atom stereocenters. The van der Waals surface area contributed by atoms with Gasteiger partial charge in [0.1, 0.15) is 11.5 Å². The van der Waals surface area contributed by atoms with Crippen molar-refractivity contribution in [2.45, 2.75) is 5.41 Å². The Morgan fingerprint density at radius 3 is 2.02 bits per heavy atom. The van der Waals surface area contributed by atoms with Crippen LogP contribution in [0.1, 0.15) is 22.3 Å². The molecule has 2 nitrogen and oxygen atoms in total. The van der Waals surface area contributed by atoms with Crippen LogP contribution in [-0.2, 0) is 5.41 Å². The molecule has 6 aromatic carbocycles.